The van der Waals surface area contributed by atoms with E-state index < -0.39 is 0 Å². The topological polar surface area (TPSA) is 28.2 Å². The molecule has 1 N–H and O–H groups in total. The summed E-state index contributed by atoms with van der Waals surface area (Å²) in [5, 5.41) is 4.80. The van der Waals surface area contributed by atoms with Gasteiger partial charge in [-0.1, -0.05) is 12.1 Å². The molecule has 1 saturated carbocycles. The molecule has 0 spiro atoms. The maximum absolute atomic E-state index is 4.55. The molecule has 1 aromatic carbocycles. The van der Waals surface area contributed by atoms with Gasteiger partial charge in [-0.15, -0.1) is 0 Å². The van der Waals surface area contributed by atoms with E-state index in [0.717, 1.165) is 30.3 Å². The lowest BCUT2D eigenvalue weighted by Crippen LogP contribution is -2.38. The molecule has 3 heteroatoms. The molecule has 1 heterocycles. The van der Waals surface area contributed by atoms with Gasteiger partial charge in [-0.25, -0.2) is 0 Å². The highest BCUT2D eigenvalue weighted by atomic mass is 15.2. The van der Waals surface area contributed by atoms with Gasteiger partial charge >= 0.3 is 0 Å². The van der Waals surface area contributed by atoms with Crippen LogP contribution in [-0.4, -0.2) is 35.6 Å². The minimum absolute atomic E-state index is 0.599. The fourth-order valence-electron chi connectivity index (χ4n) is 2.80. The van der Waals surface area contributed by atoms with Crippen LogP contribution in [0.1, 0.15) is 31.0 Å². The highest BCUT2D eigenvalue weighted by Crippen LogP contribution is 2.26. The van der Waals surface area contributed by atoms with Crippen molar-refractivity contribution in [3.8, 4) is 0 Å². The van der Waals surface area contributed by atoms with Crippen molar-refractivity contribution < 1.29 is 0 Å². The van der Waals surface area contributed by atoms with E-state index >= 15 is 0 Å². The molecule has 0 saturated heterocycles. The van der Waals surface area contributed by atoms with Gasteiger partial charge in [-0.2, -0.15) is 0 Å². The van der Waals surface area contributed by atoms with Gasteiger partial charge in [-0.3, -0.25) is 9.88 Å². The zero-order chi connectivity index (χ0) is 14.8. The highest BCUT2D eigenvalue weighted by molar-refractivity contribution is 5.79. The quantitative estimate of drug-likeness (QED) is 0.883. The van der Waals surface area contributed by atoms with E-state index in [1.165, 1.54) is 23.8 Å². The van der Waals surface area contributed by atoms with Gasteiger partial charge in [0.1, 0.15) is 0 Å². The number of nitrogens with zero attached hydrogens (tertiary/aromatic N) is 2. The smallest absolute Gasteiger partial charge is 0.0705 e. The molecule has 1 aliphatic carbocycles. The second-order valence-corrected chi connectivity index (χ2v) is 6.36. The molecule has 1 atom stereocenters. The summed E-state index contributed by atoms with van der Waals surface area (Å²) in [6.45, 7) is 6.30. The molecule has 0 radical (unpaired) electrons. The number of hydrogen-bond donors (Lipinski definition) is 1. The van der Waals surface area contributed by atoms with Crippen LogP contribution in [0.25, 0.3) is 10.9 Å². The van der Waals surface area contributed by atoms with Crippen LogP contribution in [0.2, 0.25) is 0 Å². The summed E-state index contributed by atoms with van der Waals surface area (Å²) < 4.78 is 0. The van der Waals surface area contributed by atoms with Crippen LogP contribution in [0.15, 0.2) is 30.3 Å². The molecule has 1 unspecified atom stereocenters. The molecule has 0 aliphatic heterocycles. The van der Waals surface area contributed by atoms with Gasteiger partial charge in [0.25, 0.3) is 0 Å². The lowest BCUT2D eigenvalue weighted by molar-refractivity contribution is 0.241. The Morgan fingerprint density at radius 3 is 2.86 bits per heavy atom. The third-order valence-electron chi connectivity index (χ3n) is 4.48. The van der Waals surface area contributed by atoms with Crippen LogP contribution in [0.5, 0.6) is 0 Å². The molecule has 2 aromatic rings. The SMILES string of the molecule is Cc1ccc2cc(CNCC(C)N(C)C3CC3)ccc2n1. The standard InChI is InChI=1S/C18H25N3/c1-13-4-6-16-10-15(5-9-18(16)20-13)12-19-11-14(2)21(3)17-7-8-17/h4-6,9-10,14,17,19H,7-8,11-12H2,1-3H3. The number of aromatic nitrogens is 1. The van der Waals surface area contributed by atoms with E-state index in [1.807, 2.05) is 6.92 Å². The summed E-state index contributed by atoms with van der Waals surface area (Å²) in [5.41, 5.74) is 3.49. The first-order valence-electron chi connectivity index (χ1n) is 7.92. The molecular formula is C18H25N3. The van der Waals surface area contributed by atoms with Gasteiger partial charge in [-0.05, 0) is 57.5 Å². The number of fused-ring (bicyclic) bond motifs is 1. The van der Waals surface area contributed by atoms with Gasteiger partial charge in [0, 0.05) is 36.3 Å². The van der Waals surface area contributed by atoms with Crippen molar-refractivity contribution in [2.45, 2.75) is 45.3 Å². The maximum Gasteiger partial charge on any atom is 0.0705 e. The molecule has 112 valence electrons. The highest BCUT2D eigenvalue weighted by Gasteiger charge is 2.28. The summed E-state index contributed by atoms with van der Waals surface area (Å²) in [6.07, 6.45) is 2.75. The van der Waals surface area contributed by atoms with E-state index in [9.17, 15) is 0 Å². The summed E-state index contributed by atoms with van der Waals surface area (Å²) in [5.74, 6) is 0. The number of nitrogens with one attached hydrogen (secondary N) is 1. The number of rotatable bonds is 6. The predicted molar refractivity (Wildman–Crippen MR) is 88.4 cm³/mol. The van der Waals surface area contributed by atoms with E-state index in [2.05, 4.69) is 59.5 Å². The molecule has 3 nitrogen and oxygen atoms in total. The lowest BCUT2D eigenvalue weighted by Gasteiger charge is -2.24. The molecule has 1 fully saturated rings. The fourth-order valence-corrected chi connectivity index (χ4v) is 2.80. The van der Waals surface area contributed by atoms with Crippen molar-refractivity contribution in [3.63, 3.8) is 0 Å². The van der Waals surface area contributed by atoms with E-state index in [1.54, 1.807) is 0 Å². The normalized spacial score (nSPS) is 16.6. The third-order valence-corrected chi connectivity index (χ3v) is 4.48. The number of benzene rings is 1. The summed E-state index contributed by atoms with van der Waals surface area (Å²) in [6, 6.07) is 12.2. The second kappa shape index (κ2) is 6.12. The average molecular weight is 283 g/mol. The van der Waals surface area contributed by atoms with Crippen molar-refractivity contribution in [1.29, 1.82) is 0 Å². The summed E-state index contributed by atoms with van der Waals surface area (Å²) in [4.78, 5) is 7.05. The largest absolute Gasteiger partial charge is 0.311 e. The van der Waals surface area contributed by atoms with Crippen LogP contribution in [0.3, 0.4) is 0 Å². The van der Waals surface area contributed by atoms with Crippen molar-refractivity contribution in [3.05, 3.63) is 41.6 Å². The van der Waals surface area contributed by atoms with Gasteiger partial charge in [0.15, 0.2) is 0 Å². The second-order valence-electron chi connectivity index (χ2n) is 6.36. The number of likely N-dealkylation sites (N-methyl/N-ethyl adjacent to an activating group) is 1. The van der Waals surface area contributed by atoms with Gasteiger partial charge < -0.3 is 5.32 Å². The number of pyridine rings is 1. The predicted octanol–water partition coefficient (Wildman–Crippen LogP) is 3.12. The van der Waals surface area contributed by atoms with Gasteiger partial charge in [0.2, 0.25) is 0 Å². The Hall–Kier alpha value is -1.45. The minimum Gasteiger partial charge on any atom is -0.311 e. The molecule has 1 aromatic heterocycles. The Kier molecular flexibility index (Phi) is 4.22. The van der Waals surface area contributed by atoms with Crippen LogP contribution in [-0.2, 0) is 6.54 Å². The first-order valence-corrected chi connectivity index (χ1v) is 7.92. The third kappa shape index (κ3) is 3.60. The molecular weight excluding hydrogens is 258 g/mol. The van der Waals surface area contributed by atoms with Crippen LogP contribution in [0.4, 0.5) is 0 Å². The first kappa shape index (κ1) is 14.5. The van der Waals surface area contributed by atoms with Crippen molar-refractivity contribution in [1.82, 2.24) is 15.2 Å². The van der Waals surface area contributed by atoms with E-state index in [4.69, 9.17) is 0 Å². The Morgan fingerprint density at radius 2 is 2.10 bits per heavy atom. The zero-order valence-corrected chi connectivity index (χ0v) is 13.3. The summed E-state index contributed by atoms with van der Waals surface area (Å²) in [7, 11) is 2.24. The fraction of sp³-hybridized carbons (Fsp3) is 0.500. The molecule has 21 heavy (non-hydrogen) atoms. The van der Waals surface area contributed by atoms with Crippen molar-refractivity contribution in [2.75, 3.05) is 13.6 Å². The number of hydrogen-bond acceptors (Lipinski definition) is 3. The maximum atomic E-state index is 4.55. The van der Waals surface area contributed by atoms with E-state index in [-0.39, 0.29) is 0 Å². The Balaban J connectivity index is 1.56. The van der Waals surface area contributed by atoms with Crippen LogP contribution < -0.4 is 5.32 Å². The van der Waals surface area contributed by atoms with Gasteiger partial charge in [0.05, 0.1) is 5.52 Å². The monoisotopic (exact) mass is 283 g/mol. The first-order chi connectivity index (χ1) is 10.1. The Morgan fingerprint density at radius 1 is 1.29 bits per heavy atom. The average Bonchev–Trinajstić information content (AvgIpc) is 3.31. The minimum atomic E-state index is 0.599. The van der Waals surface area contributed by atoms with Crippen LogP contribution >= 0.6 is 0 Å². The zero-order valence-electron chi connectivity index (χ0n) is 13.3. The molecule has 3 rings (SSSR count). The van der Waals surface area contributed by atoms with Crippen molar-refractivity contribution in [2.24, 2.45) is 0 Å². The van der Waals surface area contributed by atoms with Crippen molar-refractivity contribution >= 4 is 10.9 Å². The Labute approximate surface area is 127 Å². The molecule has 0 amide bonds. The number of aryl methyl sites for hydroxylation is 1. The van der Waals surface area contributed by atoms with E-state index in [0.29, 0.717) is 6.04 Å². The van der Waals surface area contributed by atoms with Crippen LogP contribution in [0, 0.1) is 6.92 Å². The molecule has 1 aliphatic rings. The lowest BCUT2D eigenvalue weighted by atomic mass is 10.1. The Bertz CT molecular complexity index is 619. The summed E-state index contributed by atoms with van der Waals surface area (Å²) >= 11 is 0. The molecule has 0 bridgehead atoms.